The van der Waals surface area contributed by atoms with Crippen LogP contribution in [0.5, 0.6) is 0 Å². The number of aliphatic carboxylic acids is 1. The minimum atomic E-state index is -1.70. The molecule has 0 saturated heterocycles. The van der Waals surface area contributed by atoms with E-state index < -0.39 is 36.7 Å². The topological polar surface area (TPSA) is 208 Å². The zero-order valence-electron chi connectivity index (χ0n) is 19.4. The number of carbonyl (C=O) groups excluding carboxylic acids is 1. The van der Waals surface area contributed by atoms with E-state index in [2.05, 4.69) is 27.1 Å². The van der Waals surface area contributed by atoms with E-state index in [4.69, 9.17) is 16.6 Å². The lowest BCUT2D eigenvalue weighted by atomic mass is 9.81. The number of aromatic nitrogens is 2. The van der Waals surface area contributed by atoms with Gasteiger partial charge in [0.05, 0.1) is 18.4 Å². The second kappa shape index (κ2) is 12.4. The van der Waals surface area contributed by atoms with Crippen LogP contribution in [0.3, 0.4) is 0 Å². The number of likely N-dealkylation sites (N-methyl/N-ethyl adjacent to an activating group) is 1. The Kier molecular flexibility index (Phi) is 9.85. The van der Waals surface area contributed by atoms with Gasteiger partial charge >= 0.3 is 5.97 Å². The third kappa shape index (κ3) is 7.18. The first-order chi connectivity index (χ1) is 16.0. The number of anilines is 3. The van der Waals surface area contributed by atoms with Gasteiger partial charge in [-0.25, -0.2) is 9.97 Å². The van der Waals surface area contributed by atoms with Gasteiger partial charge in [-0.15, -0.1) is 0 Å². The smallest absolute Gasteiger partial charge is 0.306 e. The fourth-order valence-corrected chi connectivity index (χ4v) is 3.82. The molecule has 1 aromatic heterocycles. The molecule has 12 heteroatoms. The first kappa shape index (κ1) is 27.1. The molecule has 2 rings (SSSR count). The first-order valence-corrected chi connectivity index (χ1v) is 11.2. The molecular formula is C22H34N6O6. The van der Waals surface area contributed by atoms with Crippen LogP contribution in [0.4, 0.5) is 17.3 Å². The summed E-state index contributed by atoms with van der Waals surface area (Å²) in [5, 5.41) is 42.5. The maximum Gasteiger partial charge on any atom is 0.306 e. The number of carboxylic acids is 1. The van der Waals surface area contributed by atoms with Crippen LogP contribution in [-0.4, -0.2) is 74.3 Å². The minimum Gasteiger partial charge on any atom is -0.481 e. The highest BCUT2D eigenvalue weighted by Gasteiger charge is 2.31. The van der Waals surface area contributed by atoms with E-state index in [0.29, 0.717) is 31.7 Å². The summed E-state index contributed by atoms with van der Waals surface area (Å²) >= 11 is 0. The van der Waals surface area contributed by atoms with Crippen molar-refractivity contribution >= 4 is 29.2 Å². The van der Waals surface area contributed by atoms with Crippen LogP contribution in [-0.2, 0) is 9.59 Å². The Morgan fingerprint density at radius 3 is 2.41 bits per heavy atom. The molecule has 188 valence electrons. The fourth-order valence-electron chi connectivity index (χ4n) is 3.82. The highest BCUT2D eigenvalue weighted by Crippen LogP contribution is 2.31. The molecule has 1 heterocycles. The Morgan fingerprint density at radius 1 is 1.18 bits per heavy atom. The number of hydrogen-bond acceptors (Lipinski definition) is 10. The molecule has 9 N–H and O–H groups in total. The molecule has 1 aliphatic carbocycles. The van der Waals surface area contributed by atoms with E-state index in [1.165, 1.54) is 7.05 Å². The normalized spacial score (nSPS) is 20.4. The maximum absolute atomic E-state index is 11.6. The van der Waals surface area contributed by atoms with Crippen LogP contribution in [0, 0.1) is 23.7 Å². The summed E-state index contributed by atoms with van der Waals surface area (Å²) in [6.07, 6.45) is -1.88. The van der Waals surface area contributed by atoms with Gasteiger partial charge in [-0.2, -0.15) is 0 Å². The molecule has 1 saturated carbocycles. The molecule has 0 aliphatic heterocycles. The van der Waals surface area contributed by atoms with Gasteiger partial charge < -0.3 is 42.1 Å². The van der Waals surface area contributed by atoms with Crippen LogP contribution in [0.2, 0.25) is 0 Å². The number of nitrogens with two attached hydrogens (primary N) is 2. The van der Waals surface area contributed by atoms with Crippen LogP contribution in [0.15, 0.2) is 0 Å². The van der Waals surface area contributed by atoms with E-state index in [-0.39, 0.29) is 29.1 Å². The second-order valence-electron chi connectivity index (χ2n) is 8.47. The number of carboxylic acid groups (broad SMARTS) is 1. The number of aliphatic hydroxyl groups excluding tert-OH is 3. The Hall–Kier alpha value is -3.14. The molecule has 1 amide bonds. The van der Waals surface area contributed by atoms with E-state index >= 15 is 0 Å². The fraction of sp³-hybridized carbons (Fsp3) is 0.636. The first-order valence-electron chi connectivity index (χ1n) is 11.2. The largest absolute Gasteiger partial charge is 0.481 e. The number of nitrogen functional groups attached to an aromatic ring is 2. The Morgan fingerprint density at radius 2 is 1.82 bits per heavy atom. The van der Waals surface area contributed by atoms with Gasteiger partial charge in [0.1, 0.15) is 11.8 Å². The summed E-state index contributed by atoms with van der Waals surface area (Å²) in [6, 6.07) is 0. The summed E-state index contributed by atoms with van der Waals surface area (Å²) in [4.78, 5) is 32.1. The summed E-state index contributed by atoms with van der Waals surface area (Å²) < 4.78 is 0. The van der Waals surface area contributed by atoms with E-state index in [1.54, 1.807) is 6.92 Å². The van der Waals surface area contributed by atoms with Crippen molar-refractivity contribution in [1.29, 1.82) is 0 Å². The maximum atomic E-state index is 11.6. The molecule has 3 atom stereocenters. The van der Waals surface area contributed by atoms with Crippen LogP contribution in [0.1, 0.15) is 51.3 Å². The van der Waals surface area contributed by atoms with Crippen molar-refractivity contribution in [2.75, 3.05) is 30.0 Å². The van der Waals surface area contributed by atoms with Gasteiger partial charge in [0.15, 0.2) is 17.9 Å². The lowest BCUT2D eigenvalue weighted by molar-refractivity contribution is -0.143. The van der Waals surface area contributed by atoms with Crippen LogP contribution < -0.4 is 21.7 Å². The van der Waals surface area contributed by atoms with Crippen molar-refractivity contribution in [3.8, 4) is 11.8 Å². The zero-order valence-corrected chi connectivity index (χ0v) is 19.4. The number of carbonyl (C=O) groups is 2. The molecule has 0 radical (unpaired) electrons. The minimum absolute atomic E-state index is 0.00975. The molecule has 3 unspecified atom stereocenters. The Balaban J connectivity index is 2.08. The number of rotatable bonds is 9. The van der Waals surface area contributed by atoms with E-state index in [9.17, 15) is 24.9 Å². The SMILES string of the molecule is CCNC(=O)CC(O)C(O)C(O)N(C)c1nc(C#CCC2CCC(C(=O)O)CC2)nc(N)c1N. The number of nitrogens with one attached hydrogen (secondary N) is 1. The predicted molar refractivity (Wildman–Crippen MR) is 125 cm³/mol. The summed E-state index contributed by atoms with van der Waals surface area (Å²) in [6.45, 7) is 2.09. The molecule has 0 bridgehead atoms. The van der Waals surface area contributed by atoms with Gasteiger partial charge in [-0.05, 0) is 44.4 Å². The highest BCUT2D eigenvalue weighted by molar-refractivity contribution is 5.76. The molecule has 12 nitrogen and oxygen atoms in total. The van der Waals surface area contributed by atoms with Crippen molar-refractivity contribution in [2.24, 2.45) is 11.8 Å². The molecule has 1 aromatic rings. The average Bonchev–Trinajstić information content (AvgIpc) is 2.80. The third-order valence-corrected chi connectivity index (χ3v) is 5.94. The van der Waals surface area contributed by atoms with Gasteiger partial charge in [0, 0.05) is 20.0 Å². The van der Waals surface area contributed by atoms with Crippen molar-refractivity contribution in [3.05, 3.63) is 5.82 Å². The molecule has 0 aromatic carbocycles. The number of amides is 1. The van der Waals surface area contributed by atoms with Gasteiger partial charge in [-0.1, -0.05) is 5.92 Å². The van der Waals surface area contributed by atoms with Gasteiger partial charge in [0.25, 0.3) is 0 Å². The van der Waals surface area contributed by atoms with Crippen molar-refractivity contribution in [2.45, 2.75) is 63.9 Å². The van der Waals surface area contributed by atoms with Crippen LogP contribution in [0.25, 0.3) is 0 Å². The molecule has 1 aliphatic rings. The summed E-state index contributed by atoms with van der Waals surface area (Å²) in [5.74, 6) is 4.62. The summed E-state index contributed by atoms with van der Waals surface area (Å²) in [5.41, 5.74) is 11.8. The molecule has 0 spiro atoms. The predicted octanol–water partition coefficient (Wildman–Crippen LogP) is -0.724. The van der Waals surface area contributed by atoms with Gasteiger partial charge in [-0.3, -0.25) is 9.59 Å². The van der Waals surface area contributed by atoms with Crippen molar-refractivity contribution in [1.82, 2.24) is 15.3 Å². The lowest BCUT2D eigenvalue weighted by Gasteiger charge is -2.31. The Bertz CT molecular complexity index is 924. The number of nitrogens with zero attached hydrogens (tertiary/aromatic N) is 3. The van der Waals surface area contributed by atoms with Crippen molar-refractivity contribution in [3.63, 3.8) is 0 Å². The van der Waals surface area contributed by atoms with Crippen LogP contribution >= 0.6 is 0 Å². The van der Waals surface area contributed by atoms with E-state index in [0.717, 1.165) is 17.7 Å². The van der Waals surface area contributed by atoms with Gasteiger partial charge in [0.2, 0.25) is 11.7 Å². The molecule has 34 heavy (non-hydrogen) atoms. The standard InChI is InChI=1S/C22H34N6O6/c1-3-25-16(30)11-14(29)18(31)21(32)28(2)20-17(23)19(24)26-15(27-20)6-4-5-12-7-9-13(10-8-12)22(33)34/h12-14,18,21,29,31-32H,3,5,7-11,23H2,1-2H3,(H,25,30)(H,33,34)(H2,24,26,27). The quantitative estimate of drug-likeness (QED) is 0.174. The van der Waals surface area contributed by atoms with E-state index in [1.807, 2.05) is 0 Å². The van der Waals surface area contributed by atoms with Crippen molar-refractivity contribution < 1.29 is 30.0 Å². The zero-order chi connectivity index (χ0) is 25.4. The average molecular weight is 479 g/mol. The summed E-state index contributed by atoms with van der Waals surface area (Å²) in [7, 11) is 1.39. The Labute approximate surface area is 198 Å². The molecule has 1 fully saturated rings. The second-order valence-corrected chi connectivity index (χ2v) is 8.47. The monoisotopic (exact) mass is 478 g/mol. The third-order valence-electron chi connectivity index (χ3n) is 5.94. The number of hydrogen-bond donors (Lipinski definition) is 7. The molecular weight excluding hydrogens is 444 g/mol. The lowest BCUT2D eigenvalue weighted by Crippen LogP contribution is -2.49. The number of aliphatic hydroxyl groups is 3. The highest BCUT2D eigenvalue weighted by atomic mass is 16.4.